The minimum Gasteiger partial charge on any atom is -0.466 e. The lowest BCUT2D eigenvalue weighted by Crippen LogP contribution is -2.49. The number of thioether (sulfide) groups is 2. The number of ether oxygens (including phenoxy) is 1. The summed E-state index contributed by atoms with van der Waals surface area (Å²) in [6, 6.07) is 17.2. The van der Waals surface area contributed by atoms with Gasteiger partial charge in [0.05, 0.1) is 61.0 Å². The summed E-state index contributed by atoms with van der Waals surface area (Å²) in [7, 11) is 0. The number of allylic oxidation sites excluding steroid dienone is 6. The molecule has 2 heterocycles. The zero-order valence-corrected chi connectivity index (χ0v) is 31.5. The number of rotatable bonds is 21. The van der Waals surface area contributed by atoms with E-state index in [-0.39, 0.29) is 5.97 Å². The van der Waals surface area contributed by atoms with Crippen LogP contribution in [0.15, 0.2) is 106 Å². The van der Waals surface area contributed by atoms with Crippen molar-refractivity contribution in [1.29, 1.82) is 0 Å². The molecule has 0 aromatic heterocycles. The first kappa shape index (κ1) is 37.9. The first-order valence-electron chi connectivity index (χ1n) is 18.3. The molecule has 1 atom stereocenters. The van der Waals surface area contributed by atoms with Crippen LogP contribution in [0, 0.1) is 0 Å². The molecule has 0 bridgehead atoms. The van der Waals surface area contributed by atoms with Gasteiger partial charge in [0.15, 0.2) is 0 Å². The molecule has 0 spiro atoms. The van der Waals surface area contributed by atoms with Crippen LogP contribution in [0.4, 0.5) is 11.4 Å². The van der Waals surface area contributed by atoms with Gasteiger partial charge in [0.25, 0.3) is 0 Å². The predicted octanol–water partition coefficient (Wildman–Crippen LogP) is 10.6. The van der Waals surface area contributed by atoms with Crippen molar-refractivity contribution in [3.8, 4) is 0 Å². The molecule has 0 aliphatic carbocycles. The molecule has 1 unspecified atom stereocenters. The number of unbranched alkanes of at least 4 members (excludes halogenated alkanes) is 5. The number of nitrogens with zero attached hydrogens (tertiary/aromatic N) is 3. The van der Waals surface area contributed by atoms with E-state index in [1.54, 1.807) is 11.8 Å². The Morgan fingerprint density at radius 3 is 2.21 bits per heavy atom. The number of fused-ring (bicyclic) bond motifs is 2. The molecule has 260 valence electrons. The van der Waals surface area contributed by atoms with Crippen LogP contribution in [0.5, 0.6) is 0 Å². The van der Waals surface area contributed by atoms with Crippen molar-refractivity contribution in [2.24, 2.45) is 0 Å². The Balaban J connectivity index is 1.29. The number of esters is 1. The normalized spacial score (nSPS) is 17.0. The highest BCUT2D eigenvalue weighted by Crippen LogP contribution is 2.46. The van der Waals surface area contributed by atoms with Crippen molar-refractivity contribution < 1.29 is 14.0 Å². The van der Waals surface area contributed by atoms with Crippen molar-refractivity contribution in [1.82, 2.24) is 0 Å². The van der Waals surface area contributed by atoms with Crippen LogP contribution in [0.1, 0.15) is 79.1 Å². The van der Waals surface area contributed by atoms with Crippen molar-refractivity contribution in [2.45, 2.75) is 94.2 Å². The number of carbonyl (C=O) groups is 1. The third kappa shape index (κ3) is 11.1. The average Bonchev–Trinajstić information content (AvgIpc) is 3.65. The molecule has 2 aliphatic heterocycles. The minimum absolute atomic E-state index is 0.111. The van der Waals surface area contributed by atoms with E-state index in [9.17, 15) is 4.79 Å². The highest BCUT2D eigenvalue weighted by Gasteiger charge is 2.29. The summed E-state index contributed by atoms with van der Waals surface area (Å²) in [4.78, 5) is 19.9. The Labute approximate surface area is 299 Å². The monoisotopic (exact) mass is 688 g/mol. The Bertz CT molecular complexity index is 1390. The quantitative estimate of drug-likeness (QED) is 0.0562. The lowest BCUT2D eigenvalue weighted by molar-refractivity contribution is -0.923. The molecule has 7 heteroatoms. The van der Waals surface area contributed by atoms with E-state index in [1.165, 1.54) is 78.2 Å². The molecule has 0 saturated carbocycles. The van der Waals surface area contributed by atoms with Gasteiger partial charge in [-0.3, -0.25) is 4.79 Å². The SMILES string of the molecule is CCCCCCCCOC(=O)CCN1C(=CC=CC=CC=CC2Sc3ccccc3N2CCC[N+](CC)(CC)CC)Sc2ccccc21. The molecule has 48 heavy (non-hydrogen) atoms. The summed E-state index contributed by atoms with van der Waals surface area (Å²) >= 11 is 3.70. The van der Waals surface area contributed by atoms with E-state index < -0.39 is 0 Å². The highest BCUT2D eigenvalue weighted by molar-refractivity contribution is 8.03. The Kier molecular flexibility index (Phi) is 16.3. The second-order valence-corrected chi connectivity index (χ2v) is 14.9. The largest absolute Gasteiger partial charge is 0.466 e. The van der Waals surface area contributed by atoms with Crippen LogP contribution in [0.3, 0.4) is 0 Å². The topological polar surface area (TPSA) is 32.8 Å². The fraction of sp³-hybridized carbons (Fsp3) is 0.488. The molecule has 0 radical (unpaired) electrons. The van der Waals surface area contributed by atoms with Crippen molar-refractivity contribution in [2.75, 3.05) is 55.7 Å². The maximum Gasteiger partial charge on any atom is 0.307 e. The minimum atomic E-state index is -0.111. The molecule has 0 N–H and O–H groups in total. The Morgan fingerprint density at radius 1 is 0.771 bits per heavy atom. The van der Waals surface area contributed by atoms with Gasteiger partial charge < -0.3 is 19.0 Å². The molecule has 2 aliphatic rings. The molecule has 0 saturated heterocycles. The van der Waals surface area contributed by atoms with E-state index in [1.807, 2.05) is 11.8 Å². The van der Waals surface area contributed by atoms with E-state index in [4.69, 9.17) is 4.74 Å². The van der Waals surface area contributed by atoms with Gasteiger partial charge in [0.1, 0.15) is 0 Å². The number of hydrogen-bond acceptors (Lipinski definition) is 6. The summed E-state index contributed by atoms with van der Waals surface area (Å²) in [5.74, 6) is -0.111. The lowest BCUT2D eigenvalue weighted by Gasteiger charge is -2.36. The summed E-state index contributed by atoms with van der Waals surface area (Å²) < 4.78 is 6.75. The summed E-state index contributed by atoms with van der Waals surface area (Å²) in [6.07, 6.45) is 23.8. The van der Waals surface area contributed by atoms with Gasteiger partial charge in [-0.15, -0.1) is 0 Å². The van der Waals surface area contributed by atoms with E-state index >= 15 is 0 Å². The van der Waals surface area contributed by atoms with Crippen molar-refractivity contribution in [3.63, 3.8) is 0 Å². The summed E-state index contributed by atoms with van der Waals surface area (Å²) in [5, 5.41) is 1.44. The van der Waals surface area contributed by atoms with E-state index in [0.29, 0.717) is 24.9 Å². The zero-order valence-electron chi connectivity index (χ0n) is 29.8. The number of benzene rings is 2. The van der Waals surface area contributed by atoms with Crippen LogP contribution in [-0.2, 0) is 9.53 Å². The van der Waals surface area contributed by atoms with E-state index in [0.717, 1.165) is 30.1 Å². The third-order valence-corrected chi connectivity index (χ3v) is 12.1. The van der Waals surface area contributed by atoms with Gasteiger partial charge in [-0.05, 0) is 57.5 Å². The number of para-hydroxylation sites is 2. The maximum absolute atomic E-state index is 12.5. The van der Waals surface area contributed by atoms with Crippen LogP contribution in [0.25, 0.3) is 0 Å². The van der Waals surface area contributed by atoms with Gasteiger partial charge in [0, 0.05) is 29.3 Å². The summed E-state index contributed by atoms with van der Waals surface area (Å²) in [5.41, 5.74) is 2.52. The van der Waals surface area contributed by atoms with E-state index in [2.05, 4.69) is 129 Å². The molecule has 2 aromatic carbocycles. The lowest BCUT2D eigenvalue weighted by atomic mass is 10.1. The maximum atomic E-state index is 12.5. The fourth-order valence-electron chi connectivity index (χ4n) is 6.48. The van der Waals surface area contributed by atoms with Crippen LogP contribution >= 0.6 is 23.5 Å². The molecule has 5 nitrogen and oxygen atoms in total. The average molecular weight is 689 g/mol. The number of quaternary nitrogens is 1. The van der Waals surface area contributed by atoms with Gasteiger partial charge >= 0.3 is 5.97 Å². The smallest absolute Gasteiger partial charge is 0.307 e. The van der Waals surface area contributed by atoms with Gasteiger partial charge in [-0.1, -0.05) is 123 Å². The molecule has 4 rings (SSSR count). The molecular weight excluding hydrogens is 631 g/mol. The number of carbonyl (C=O) groups excluding carboxylic acids is 1. The highest BCUT2D eigenvalue weighted by atomic mass is 32.2. The number of hydrogen-bond donors (Lipinski definition) is 0. The predicted molar refractivity (Wildman–Crippen MR) is 209 cm³/mol. The van der Waals surface area contributed by atoms with Crippen LogP contribution in [0.2, 0.25) is 0 Å². The standard InChI is InChI=1S/C41H58N3O2S2/c1-5-9-10-11-15-22-34-46-41(45)30-32-43-36-25-19-21-27-38(36)48-40(43)29-17-14-12-13-16-28-39-42(35-24-18-20-26-37(35)47-39)31-23-33-44(6-2,7-3)8-4/h12-14,16-21,24-29,39H,5-11,15,22-23,30-34H2,1-4H3/q+1. The van der Waals surface area contributed by atoms with Gasteiger partial charge in [-0.2, -0.15) is 0 Å². The van der Waals surface area contributed by atoms with Gasteiger partial charge in [-0.25, -0.2) is 0 Å². The molecule has 0 fully saturated rings. The second-order valence-electron chi connectivity index (χ2n) is 12.7. The summed E-state index contributed by atoms with van der Waals surface area (Å²) in [6.45, 7) is 16.3. The fourth-order valence-corrected chi connectivity index (χ4v) is 8.82. The molecule has 0 amide bonds. The first-order valence-corrected chi connectivity index (χ1v) is 20.0. The zero-order chi connectivity index (χ0) is 34.0. The molecular formula is C41H58N3O2S2+. The van der Waals surface area contributed by atoms with Crippen LogP contribution in [-0.4, -0.2) is 61.7 Å². The number of anilines is 2. The first-order chi connectivity index (χ1) is 23.5. The van der Waals surface area contributed by atoms with Crippen LogP contribution < -0.4 is 9.80 Å². The van der Waals surface area contributed by atoms with Crippen molar-refractivity contribution in [3.05, 3.63) is 96.1 Å². The molecule has 2 aromatic rings. The third-order valence-electron chi connectivity index (χ3n) is 9.67. The Hall–Kier alpha value is -2.87. The Morgan fingerprint density at radius 2 is 1.44 bits per heavy atom. The van der Waals surface area contributed by atoms with Gasteiger partial charge in [0.2, 0.25) is 0 Å². The van der Waals surface area contributed by atoms with Crippen molar-refractivity contribution >= 4 is 40.9 Å². The second kappa shape index (κ2) is 20.6.